The van der Waals surface area contributed by atoms with Crippen molar-refractivity contribution in [1.29, 1.82) is 0 Å². The van der Waals surface area contributed by atoms with E-state index in [-0.39, 0.29) is 11.6 Å². The van der Waals surface area contributed by atoms with Gasteiger partial charge in [-0.2, -0.15) is 0 Å². The van der Waals surface area contributed by atoms with Crippen molar-refractivity contribution < 1.29 is 9.90 Å². The number of anilines is 1. The molecule has 1 amide bonds. The lowest BCUT2D eigenvalue weighted by Gasteiger charge is -2.58. The van der Waals surface area contributed by atoms with Crippen LogP contribution in [0.5, 0.6) is 0 Å². The van der Waals surface area contributed by atoms with Gasteiger partial charge in [0.15, 0.2) is 0 Å². The number of fused-ring (bicyclic) bond motifs is 1. The third-order valence-electron chi connectivity index (χ3n) is 7.25. The minimum absolute atomic E-state index is 0.105. The summed E-state index contributed by atoms with van der Waals surface area (Å²) in [5.74, 6) is 1.09. The second kappa shape index (κ2) is 5.72. The number of amides is 1. The van der Waals surface area contributed by atoms with Crippen LogP contribution in [-0.2, 0) is 5.54 Å². The van der Waals surface area contributed by atoms with Crippen LogP contribution < -0.4 is 11.1 Å². The minimum atomic E-state index is -0.468. The SMILES string of the molecule is CC(C)(C)n1ccc2c(NC3C4CC5C[C@@H]3CC(O)(C5)C4)c(C(N)=O)cnc21. The third kappa shape index (κ3) is 2.65. The maximum Gasteiger partial charge on any atom is 0.252 e. The molecule has 2 aromatic heterocycles. The average molecular weight is 383 g/mol. The van der Waals surface area contributed by atoms with E-state index in [1.165, 1.54) is 12.8 Å². The molecule has 2 heterocycles. The number of carbonyl (C=O) groups excluding carboxylic acids is 1. The Balaban J connectivity index is 1.57. The van der Waals surface area contributed by atoms with Crippen LogP contribution in [0, 0.1) is 17.8 Å². The van der Waals surface area contributed by atoms with E-state index in [9.17, 15) is 9.90 Å². The minimum Gasteiger partial charge on any atom is -0.390 e. The molecule has 0 aliphatic heterocycles. The van der Waals surface area contributed by atoms with Gasteiger partial charge in [-0.05, 0) is 76.7 Å². The van der Waals surface area contributed by atoms with E-state index in [2.05, 4.69) is 35.6 Å². The number of nitrogens with one attached hydrogen (secondary N) is 1. The molecule has 0 radical (unpaired) electrons. The van der Waals surface area contributed by atoms with Crippen LogP contribution in [0.4, 0.5) is 5.69 Å². The first-order valence-electron chi connectivity index (χ1n) is 10.4. The molecule has 4 aliphatic carbocycles. The van der Waals surface area contributed by atoms with Crippen LogP contribution >= 0.6 is 0 Å². The van der Waals surface area contributed by atoms with Gasteiger partial charge in [0.1, 0.15) is 5.65 Å². The molecule has 4 aliphatic rings. The normalized spacial score (nSPS) is 34.1. The molecule has 6 heteroatoms. The maximum absolute atomic E-state index is 12.2. The second-order valence-electron chi connectivity index (χ2n) is 10.4. The first-order chi connectivity index (χ1) is 13.1. The number of nitrogens with zero attached hydrogens (tertiary/aromatic N) is 2. The molecule has 0 spiro atoms. The lowest BCUT2D eigenvalue weighted by atomic mass is 9.52. The summed E-state index contributed by atoms with van der Waals surface area (Å²) < 4.78 is 2.14. The van der Waals surface area contributed by atoms with Gasteiger partial charge in [-0.25, -0.2) is 4.98 Å². The van der Waals surface area contributed by atoms with Crippen molar-refractivity contribution in [3.63, 3.8) is 0 Å². The van der Waals surface area contributed by atoms with Crippen molar-refractivity contribution in [3.05, 3.63) is 24.0 Å². The number of nitrogens with two attached hydrogens (primary N) is 1. The summed E-state index contributed by atoms with van der Waals surface area (Å²) in [6.07, 6.45) is 8.67. The Bertz CT molecular complexity index is 941. The average Bonchev–Trinajstić information content (AvgIpc) is 3.01. The Morgan fingerprint density at radius 3 is 2.54 bits per heavy atom. The van der Waals surface area contributed by atoms with Gasteiger partial charge >= 0.3 is 0 Å². The number of primary amides is 1. The molecular formula is C22H30N4O2. The Morgan fingerprint density at radius 1 is 1.29 bits per heavy atom. The lowest BCUT2D eigenvalue weighted by molar-refractivity contribution is -0.129. The van der Waals surface area contributed by atoms with Gasteiger partial charge in [0.2, 0.25) is 0 Å². The zero-order valence-electron chi connectivity index (χ0n) is 16.9. The summed E-state index contributed by atoms with van der Waals surface area (Å²) in [6, 6.07) is 2.31. The number of pyridine rings is 1. The summed E-state index contributed by atoms with van der Waals surface area (Å²) in [7, 11) is 0. The van der Waals surface area contributed by atoms with Crippen LogP contribution in [0.15, 0.2) is 18.5 Å². The lowest BCUT2D eigenvalue weighted by Crippen LogP contribution is -2.59. The van der Waals surface area contributed by atoms with E-state index in [0.717, 1.165) is 36.0 Å². The van der Waals surface area contributed by atoms with Crippen molar-refractivity contribution in [2.24, 2.45) is 23.5 Å². The molecule has 4 fully saturated rings. The van der Waals surface area contributed by atoms with Crippen molar-refractivity contribution >= 4 is 22.6 Å². The van der Waals surface area contributed by atoms with E-state index in [1.807, 2.05) is 12.3 Å². The second-order valence-corrected chi connectivity index (χ2v) is 10.4. The van der Waals surface area contributed by atoms with Gasteiger partial charge in [-0.1, -0.05) is 0 Å². The number of carbonyl (C=O) groups is 1. The highest BCUT2D eigenvalue weighted by Crippen LogP contribution is 2.56. The Kier molecular flexibility index (Phi) is 3.67. The first kappa shape index (κ1) is 18.0. The van der Waals surface area contributed by atoms with Crippen molar-refractivity contribution in [3.8, 4) is 0 Å². The number of hydrogen-bond donors (Lipinski definition) is 3. The van der Waals surface area contributed by atoms with E-state index in [0.29, 0.717) is 23.3 Å². The highest BCUT2D eigenvalue weighted by atomic mass is 16.3. The van der Waals surface area contributed by atoms with E-state index in [4.69, 9.17) is 5.73 Å². The fourth-order valence-electron chi connectivity index (χ4n) is 6.35. The monoisotopic (exact) mass is 382 g/mol. The van der Waals surface area contributed by atoms with Crippen molar-refractivity contribution in [1.82, 2.24) is 9.55 Å². The van der Waals surface area contributed by atoms with E-state index >= 15 is 0 Å². The molecule has 4 saturated carbocycles. The van der Waals surface area contributed by atoms with Crippen molar-refractivity contribution in [2.45, 2.75) is 70.1 Å². The Hall–Kier alpha value is -2.08. The largest absolute Gasteiger partial charge is 0.390 e. The zero-order valence-corrected chi connectivity index (χ0v) is 16.9. The number of aliphatic hydroxyl groups is 1. The van der Waals surface area contributed by atoms with Crippen LogP contribution in [0.1, 0.15) is 63.2 Å². The summed E-state index contributed by atoms with van der Waals surface area (Å²) in [6.45, 7) is 6.42. The molecule has 4 N–H and O–H groups in total. The van der Waals surface area contributed by atoms with Gasteiger partial charge in [-0.15, -0.1) is 0 Å². The molecule has 6 nitrogen and oxygen atoms in total. The van der Waals surface area contributed by atoms with Crippen LogP contribution in [-0.4, -0.2) is 32.2 Å². The highest BCUT2D eigenvalue weighted by Gasteiger charge is 2.54. The zero-order chi connectivity index (χ0) is 19.8. The van der Waals surface area contributed by atoms with Gasteiger partial charge in [0.05, 0.1) is 16.9 Å². The predicted molar refractivity (Wildman–Crippen MR) is 109 cm³/mol. The van der Waals surface area contributed by atoms with Crippen LogP contribution in [0.25, 0.3) is 11.0 Å². The molecule has 28 heavy (non-hydrogen) atoms. The standard InChI is InChI=1S/C22H30N4O2/c1-21(2,3)26-5-4-15-18(16(19(23)27)11-24-20(15)26)25-17-13-6-12-7-14(17)10-22(28,8-12)9-13/h4-5,11-14,17,28H,6-10H2,1-3H3,(H2,23,27)(H,24,25)/t12?,13-,14?,17?,22?/m1/s1. The molecule has 2 aromatic rings. The highest BCUT2D eigenvalue weighted by molar-refractivity contribution is 6.06. The van der Waals surface area contributed by atoms with Crippen LogP contribution in [0.2, 0.25) is 0 Å². The molecule has 150 valence electrons. The van der Waals surface area contributed by atoms with E-state index < -0.39 is 11.5 Å². The number of aromatic nitrogens is 2. The molecule has 6 rings (SSSR count). The third-order valence-corrected chi connectivity index (χ3v) is 7.25. The smallest absolute Gasteiger partial charge is 0.252 e. The molecule has 0 aromatic carbocycles. The first-order valence-corrected chi connectivity index (χ1v) is 10.4. The molecule has 5 atom stereocenters. The van der Waals surface area contributed by atoms with Gasteiger partial charge in [-0.3, -0.25) is 4.79 Å². The predicted octanol–water partition coefficient (Wildman–Crippen LogP) is 3.24. The van der Waals surface area contributed by atoms with Crippen LogP contribution in [0.3, 0.4) is 0 Å². The summed E-state index contributed by atoms with van der Waals surface area (Å²) in [5, 5.41) is 15.6. The van der Waals surface area contributed by atoms with E-state index in [1.54, 1.807) is 6.20 Å². The molecule has 4 bridgehead atoms. The topological polar surface area (TPSA) is 93.2 Å². The maximum atomic E-state index is 12.2. The number of rotatable bonds is 3. The van der Waals surface area contributed by atoms with Crippen molar-refractivity contribution in [2.75, 3.05) is 5.32 Å². The fraction of sp³-hybridized carbons (Fsp3) is 0.636. The summed E-state index contributed by atoms with van der Waals surface area (Å²) in [5.41, 5.74) is 7.25. The molecular weight excluding hydrogens is 352 g/mol. The quantitative estimate of drug-likeness (QED) is 0.760. The Morgan fingerprint density at radius 2 is 1.96 bits per heavy atom. The van der Waals surface area contributed by atoms with Gasteiger partial charge in [0, 0.05) is 29.4 Å². The molecule has 4 unspecified atom stereocenters. The molecule has 0 saturated heterocycles. The summed E-state index contributed by atoms with van der Waals surface area (Å²) >= 11 is 0. The summed E-state index contributed by atoms with van der Waals surface area (Å²) in [4.78, 5) is 16.7. The van der Waals surface area contributed by atoms with Gasteiger partial charge < -0.3 is 20.7 Å². The Labute approximate surface area is 165 Å². The number of hydrogen-bond acceptors (Lipinski definition) is 4. The fourth-order valence-corrected chi connectivity index (χ4v) is 6.35. The van der Waals surface area contributed by atoms with Gasteiger partial charge in [0.25, 0.3) is 5.91 Å².